The summed E-state index contributed by atoms with van der Waals surface area (Å²) in [6.07, 6.45) is 1.59. The van der Waals surface area contributed by atoms with Crippen molar-refractivity contribution in [1.82, 2.24) is 4.90 Å². The number of carboxylic acids is 1. The first-order chi connectivity index (χ1) is 9.92. The molecule has 0 radical (unpaired) electrons. The van der Waals surface area contributed by atoms with E-state index >= 15 is 0 Å². The zero-order valence-corrected chi connectivity index (χ0v) is 12.5. The lowest BCUT2D eigenvalue weighted by Gasteiger charge is -2.35. The summed E-state index contributed by atoms with van der Waals surface area (Å²) in [7, 11) is 0. The number of likely N-dealkylation sites (tertiary alicyclic amines) is 1. The third kappa shape index (κ3) is 2.65. The van der Waals surface area contributed by atoms with Gasteiger partial charge in [0, 0.05) is 6.54 Å². The summed E-state index contributed by atoms with van der Waals surface area (Å²) in [5.41, 5.74) is 6.77. The first kappa shape index (κ1) is 15.5. The number of carbonyl (C=O) groups excluding carboxylic acids is 1. The van der Waals surface area contributed by atoms with E-state index in [9.17, 15) is 14.7 Å². The van der Waals surface area contributed by atoms with Crippen LogP contribution in [0.4, 0.5) is 0 Å². The average molecular weight is 290 g/mol. The predicted molar refractivity (Wildman–Crippen MR) is 79.7 cm³/mol. The molecule has 0 saturated carbocycles. The van der Waals surface area contributed by atoms with Crippen molar-refractivity contribution in [2.45, 2.75) is 44.7 Å². The maximum Gasteiger partial charge on any atom is 0.329 e. The number of carbonyl (C=O) groups is 2. The summed E-state index contributed by atoms with van der Waals surface area (Å²) in [6, 6.07) is 6.63. The molecule has 2 rings (SSSR count). The fourth-order valence-electron chi connectivity index (χ4n) is 3.03. The van der Waals surface area contributed by atoms with Crippen LogP contribution in [0.2, 0.25) is 0 Å². The number of amides is 1. The summed E-state index contributed by atoms with van der Waals surface area (Å²) < 4.78 is 0. The predicted octanol–water partition coefficient (Wildman–Crippen LogP) is 1.85. The number of nitrogens with two attached hydrogens (primary N) is 1. The largest absolute Gasteiger partial charge is 0.479 e. The fraction of sp³-hybridized carbons (Fsp3) is 0.500. The molecular formula is C16H22N2O3. The molecular weight excluding hydrogens is 268 g/mol. The molecule has 1 saturated heterocycles. The van der Waals surface area contributed by atoms with Crippen molar-refractivity contribution in [3.63, 3.8) is 0 Å². The van der Waals surface area contributed by atoms with Crippen molar-refractivity contribution in [3.8, 4) is 0 Å². The number of hydrogen-bond acceptors (Lipinski definition) is 3. The fourth-order valence-corrected chi connectivity index (χ4v) is 3.03. The van der Waals surface area contributed by atoms with Crippen molar-refractivity contribution in [3.05, 3.63) is 35.4 Å². The standard InChI is InChI=1S/C16H22N2O3/c1-3-16(15(20)21)9-4-10-18(16)14(19)13(17)12-7-5-11(2)6-8-12/h5-8,13H,3-4,9-10,17H2,1-2H3,(H,20,21). The highest BCUT2D eigenvalue weighted by atomic mass is 16.4. The van der Waals surface area contributed by atoms with Crippen molar-refractivity contribution in [2.75, 3.05) is 6.54 Å². The van der Waals surface area contributed by atoms with E-state index in [1.165, 1.54) is 4.90 Å². The van der Waals surface area contributed by atoms with Gasteiger partial charge in [0.25, 0.3) is 0 Å². The molecule has 21 heavy (non-hydrogen) atoms. The molecule has 1 aliphatic rings. The van der Waals surface area contributed by atoms with Gasteiger partial charge in [0.1, 0.15) is 11.6 Å². The molecule has 1 aromatic carbocycles. The van der Waals surface area contributed by atoms with Crippen LogP contribution in [0.5, 0.6) is 0 Å². The number of rotatable bonds is 4. The lowest BCUT2D eigenvalue weighted by atomic mass is 9.92. The van der Waals surface area contributed by atoms with Gasteiger partial charge >= 0.3 is 5.97 Å². The minimum absolute atomic E-state index is 0.305. The second-order valence-corrected chi connectivity index (χ2v) is 5.67. The Morgan fingerprint density at radius 2 is 2.00 bits per heavy atom. The van der Waals surface area contributed by atoms with E-state index in [-0.39, 0.29) is 5.91 Å². The van der Waals surface area contributed by atoms with E-state index in [0.29, 0.717) is 31.4 Å². The van der Waals surface area contributed by atoms with E-state index < -0.39 is 17.6 Å². The third-order valence-electron chi connectivity index (χ3n) is 4.44. The second-order valence-electron chi connectivity index (χ2n) is 5.67. The summed E-state index contributed by atoms with van der Waals surface area (Å²) in [6.45, 7) is 4.22. The zero-order valence-electron chi connectivity index (χ0n) is 12.5. The number of aliphatic carboxylic acids is 1. The first-order valence-corrected chi connectivity index (χ1v) is 7.29. The Balaban J connectivity index is 2.26. The Bertz CT molecular complexity index is 541. The molecule has 1 fully saturated rings. The van der Waals surface area contributed by atoms with Crippen LogP contribution in [0.25, 0.3) is 0 Å². The summed E-state index contributed by atoms with van der Waals surface area (Å²) in [4.78, 5) is 25.7. The van der Waals surface area contributed by atoms with Crippen LogP contribution in [0.15, 0.2) is 24.3 Å². The van der Waals surface area contributed by atoms with E-state index in [0.717, 1.165) is 5.56 Å². The molecule has 1 amide bonds. The highest BCUT2D eigenvalue weighted by Gasteiger charge is 2.49. The smallest absolute Gasteiger partial charge is 0.329 e. The second kappa shape index (κ2) is 5.85. The highest BCUT2D eigenvalue weighted by Crippen LogP contribution is 2.34. The van der Waals surface area contributed by atoms with Gasteiger partial charge in [0.05, 0.1) is 0 Å². The molecule has 2 unspecified atom stereocenters. The van der Waals surface area contributed by atoms with Gasteiger partial charge in [-0.25, -0.2) is 4.79 Å². The molecule has 0 aromatic heterocycles. The minimum atomic E-state index is -1.10. The Morgan fingerprint density at radius 1 is 1.38 bits per heavy atom. The average Bonchev–Trinajstić information content (AvgIpc) is 2.91. The Morgan fingerprint density at radius 3 is 2.52 bits per heavy atom. The van der Waals surface area contributed by atoms with Gasteiger partial charge in [-0.05, 0) is 31.7 Å². The van der Waals surface area contributed by atoms with E-state index in [2.05, 4.69) is 0 Å². The molecule has 0 spiro atoms. The lowest BCUT2D eigenvalue weighted by molar-refractivity contribution is -0.157. The van der Waals surface area contributed by atoms with Gasteiger partial charge in [-0.2, -0.15) is 0 Å². The molecule has 5 heteroatoms. The van der Waals surface area contributed by atoms with Crippen LogP contribution in [-0.4, -0.2) is 34.0 Å². The van der Waals surface area contributed by atoms with Gasteiger partial charge < -0.3 is 15.7 Å². The van der Waals surface area contributed by atoms with Gasteiger partial charge in [-0.3, -0.25) is 4.79 Å². The molecule has 0 aliphatic carbocycles. The maximum atomic E-state index is 12.6. The molecule has 5 nitrogen and oxygen atoms in total. The SMILES string of the molecule is CCC1(C(=O)O)CCCN1C(=O)C(N)c1ccc(C)cc1. The van der Waals surface area contributed by atoms with Crippen molar-refractivity contribution < 1.29 is 14.7 Å². The Kier molecular flexibility index (Phi) is 4.32. The van der Waals surface area contributed by atoms with Crippen LogP contribution in [-0.2, 0) is 9.59 Å². The zero-order chi connectivity index (χ0) is 15.6. The summed E-state index contributed by atoms with van der Waals surface area (Å²) in [5.74, 6) is -1.24. The van der Waals surface area contributed by atoms with Gasteiger partial charge in [0.15, 0.2) is 0 Å². The molecule has 1 heterocycles. The molecule has 2 atom stereocenters. The van der Waals surface area contributed by atoms with Gasteiger partial charge in [-0.15, -0.1) is 0 Å². The molecule has 114 valence electrons. The van der Waals surface area contributed by atoms with Gasteiger partial charge in [-0.1, -0.05) is 36.8 Å². The van der Waals surface area contributed by atoms with Crippen LogP contribution < -0.4 is 5.73 Å². The lowest BCUT2D eigenvalue weighted by Crippen LogP contribution is -2.54. The van der Waals surface area contributed by atoms with Crippen molar-refractivity contribution >= 4 is 11.9 Å². The monoisotopic (exact) mass is 290 g/mol. The van der Waals surface area contributed by atoms with Crippen LogP contribution in [0.3, 0.4) is 0 Å². The van der Waals surface area contributed by atoms with E-state index in [4.69, 9.17) is 5.73 Å². The van der Waals surface area contributed by atoms with Crippen LogP contribution in [0, 0.1) is 6.92 Å². The molecule has 3 N–H and O–H groups in total. The number of carboxylic acid groups (broad SMARTS) is 1. The summed E-state index contributed by atoms with van der Waals surface area (Å²) >= 11 is 0. The van der Waals surface area contributed by atoms with E-state index in [1.807, 2.05) is 31.2 Å². The van der Waals surface area contributed by atoms with Crippen LogP contribution in [0.1, 0.15) is 43.4 Å². The number of aryl methyl sites for hydroxylation is 1. The van der Waals surface area contributed by atoms with E-state index in [1.54, 1.807) is 6.92 Å². The quantitative estimate of drug-likeness (QED) is 0.886. The Labute approximate surface area is 124 Å². The molecule has 1 aromatic rings. The topological polar surface area (TPSA) is 83.6 Å². The Hall–Kier alpha value is -1.88. The normalized spacial score (nSPS) is 23.1. The molecule has 0 bridgehead atoms. The highest BCUT2D eigenvalue weighted by molar-refractivity contribution is 5.90. The number of benzene rings is 1. The van der Waals surface area contributed by atoms with Crippen molar-refractivity contribution in [1.29, 1.82) is 0 Å². The van der Waals surface area contributed by atoms with Gasteiger partial charge in [0.2, 0.25) is 5.91 Å². The molecule has 1 aliphatic heterocycles. The summed E-state index contributed by atoms with van der Waals surface area (Å²) in [5, 5.41) is 9.54. The number of nitrogens with zero attached hydrogens (tertiary/aromatic N) is 1. The van der Waals surface area contributed by atoms with Crippen LogP contribution >= 0.6 is 0 Å². The van der Waals surface area contributed by atoms with Crippen molar-refractivity contribution in [2.24, 2.45) is 5.73 Å². The number of hydrogen-bond donors (Lipinski definition) is 2. The third-order valence-corrected chi connectivity index (χ3v) is 4.44. The first-order valence-electron chi connectivity index (χ1n) is 7.29. The minimum Gasteiger partial charge on any atom is -0.479 e. The maximum absolute atomic E-state index is 12.6.